The first-order chi connectivity index (χ1) is 16.5. The fraction of sp³-hybridized carbons (Fsp3) is 0.444. The molecule has 1 amide bonds. The van der Waals surface area contributed by atoms with Crippen molar-refractivity contribution in [1.29, 1.82) is 5.41 Å². The van der Waals surface area contributed by atoms with Crippen LogP contribution in [0.1, 0.15) is 60.7 Å². The number of hydrogen-bond donors (Lipinski definition) is 3. The Morgan fingerprint density at radius 1 is 1.09 bits per heavy atom. The van der Waals surface area contributed by atoms with Crippen molar-refractivity contribution in [3.63, 3.8) is 0 Å². The van der Waals surface area contributed by atoms with E-state index in [0.29, 0.717) is 5.91 Å². The number of nitrogens with one attached hydrogen (secondary N) is 2. The van der Waals surface area contributed by atoms with E-state index < -0.39 is 0 Å². The van der Waals surface area contributed by atoms with Crippen molar-refractivity contribution < 1.29 is 4.79 Å². The van der Waals surface area contributed by atoms with E-state index in [0.717, 1.165) is 86.3 Å². The van der Waals surface area contributed by atoms with Crippen molar-refractivity contribution >= 4 is 22.8 Å². The molecule has 3 aromatic rings. The smallest absolute Gasteiger partial charge is 0.233 e. The molecule has 0 bridgehead atoms. The van der Waals surface area contributed by atoms with Crippen LogP contribution in [0.5, 0.6) is 0 Å². The number of nitrogens with zero attached hydrogens (tertiary/aromatic N) is 3. The fourth-order valence-corrected chi connectivity index (χ4v) is 5.76. The molecular weight excluding hydrogens is 424 g/mol. The summed E-state index contributed by atoms with van der Waals surface area (Å²) in [6.45, 7) is 3.60. The molecule has 0 spiro atoms. The summed E-state index contributed by atoms with van der Waals surface area (Å²) in [6.07, 6.45) is 6.20. The predicted molar refractivity (Wildman–Crippen MR) is 133 cm³/mol. The van der Waals surface area contributed by atoms with Crippen molar-refractivity contribution in [2.45, 2.75) is 56.5 Å². The highest BCUT2D eigenvalue weighted by atomic mass is 16.2. The lowest BCUT2D eigenvalue weighted by Gasteiger charge is -2.30. The molecule has 3 heterocycles. The maximum atomic E-state index is 13.4. The molecule has 1 aromatic heterocycles. The van der Waals surface area contributed by atoms with Gasteiger partial charge in [-0.2, -0.15) is 0 Å². The van der Waals surface area contributed by atoms with Crippen LogP contribution in [0.3, 0.4) is 0 Å². The molecule has 0 radical (unpaired) electrons. The van der Waals surface area contributed by atoms with Crippen LogP contribution in [0.2, 0.25) is 0 Å². The number of carbonyl (C=O) groups is 1. The minimum absolute atomic E-state index is 0.0899. The maximum Gasteiger partial charge on any atom is 0.233 e. The Kier molecular flexibility index (Phi) is 5.17. The number of carbonyl (C=O) groups excluding carboxylic acids is 1. The van der Waals surface area contributed by atoms with Crippen LogP contribution in [-0.2, 0) is 23.2 Å². The van der Waals surface area contributed by atoms with Gasteiger partial charge >= 0.3 is 0 Å². The molecule has 1 atom stereocenters. The molecule has 176 valence electrons. The van der Waals surface area contributed by atoms with Gasteiger partial charge in [-0.1, -0.05) is 30.3 Å². The summed E-state index contributed by atoms with van der Waals surface area (Å²) in [7, 11) is 0. The third-order valence-electron chi connectivity index (χ3n) is 7.88. The summed E-state index contributed by atoms with van der Waals surface area (Å²) < 4.78 is 2.33. The predicted octanol–water partition coefficient (Wildman–Crippen LogP) is 3.25. The van der Waals surface area contributed by atoms with Crippen molar-refractivity contribution in [1.82, 2.24) is 19.8 Å². The van der Waals surface area contributed by atoms with Gasteiger partial charge < -0.3 is 20.5 Å². The second kappa shape index (κ2) is 8.24. The van der Waals surface area contributed by atoms with E-state index in [9.17, 15) is 4.79 Å². The number of rotatable bonds is 5. The number of amides is 1. The number of piperidine rings is 1. The molecule has 2 aromatic carbocycles. The summed E-state index contributed by atoms with van der Waals surface area (Å²) in [5.74, 6) is 1.47. The first-order valence-corrected chi connectivity index (χ1v) is 12.5. The van der Waals surface area contributed by atoms with Gasteiger partial charge in [0.1, 0.15) is 11.7 Å². The quantitative estimate of drug-likeness (QED) is 0.405. The van der Waals surface area contributed by atoms with E-state index in [1.807, 2.05) is 24.3 Å². The van der Waals surface area contributed by atoms with Crippen LogP contribution in [0, 0.1) is 5.41 Å². The van der Waals surface area contributed by atoms with Crippen LogP contribution in [0.4, 0.5) is 0 Å². The number of nitrogens with two attached hydrogens (primary N) is 1. The molecule has 3 aliphatic rings. The first-order valence-electron chi connectivity index (χ1n) is 12.5. The third-order valence-corrected chi connectivity index (χ3v) is 7.88. The van der Waals surface area contributed by atoms with Gasteiger partial charge in [0, 0.05) is 31.7 Å². The second-order valence-corrected chi connectivity index (χ2v) is 10.1. The maximum absolute atomic E-state index is 13.4. The molecule has 34 heavy (non-hydrogen) atoms. The molecule has 7 heteroatoms. The summed E-state index contributed by atoms with van der Waals surface area (Å²) in [4.78, 5) is 20.6. The van der Waals surface area contributed by atoms with Crippen LogP contribution < -0.4 is 11.1 Å². The SMILES string of the molecule is N=C(N)c1ccc(CC2NCCn3c2nc2cc(C4(C(=O)N5CCCCC5)CC4)ccc23)cc1. The van der Waals surface area contributed by atoms with Crippen molar-refractivity contribution in [2.24, 2.45) is 5.73 Å². The van der Waals surface area contributed by atoms with E-state index in [2.05, 4.69) is 33.0 Å². The lowest BCUT2D eigenvalue weighted by Crippen LogP contribution is -2.42. The number of imidazole rings is 1. The standard InChI is InChI=1S/C27H32N6O/c28-24(29)19-6-4-18(5-7-19)16-22-25-31-21-17-20(8-9-23(21)33(25)15-12-30-22)27(10-11-27)26(34)32-13-2-1-3-14-32/h4-9,17,22,30H,1-3,10-16H2,(H3,28,29). The zero-order valence-corrected chi connectivity index (χ0v) is 19.5. The highest BCUT2D eigenvalue weighted by Gasteiger charge is 2.53. The highest BCUT2D eigenvalue weighted by molar-refractivity contribution is 5.95. The Morgan fingerprint density at radius 3 is 2.56 bits per heavy atom. The summed E-state index contributed by atoms with van der Waals surface area (Å²) in [5, 5.41) is 11.2. The van der Waals surface area contributed by atoms with Gasteiger partial charge in [-0.25, -0.2) is 4.98 Å². The number of fused-ring (bicyclic) bond motifs is 3. The van der Waals surface area contributed by atoms with Crippen LogP contribution in [-0.4, -0.2) is 45.8 Å². The largest absolute Gasteiger partial charge is 0.384 e. The van der Waals surface area contributed by atoms with Gasteiger partial charge in [0.25, 0.3) is 0 Å². The molecule has 4 N–H and O–H groups in total. The monoisotopic (exact) mass is 456 g/mol. The van der Waals surface area contributed by atoms with Crippen LogP contribution in [0.15, 0.2) is 42.5 Å². The van der Waals surface area contributed by atoms with Crippen LogP contribution >= 0.6 is 0 Å². The van der Waals surface area contributed by atoms with Gasteiger partial charge in [0.2, 0.25) is 5.91 Å². The second-order valence-electron chi connectivity index (χ2n) is 10.1. The number of aromatic nitrogens is 2. The minimum Gasteiger partial charge on any atom is -0.384 e. The Labute approximate surface area is 199 Å². The average Bonchev–Trinajstić information content (AvgIpc) is 3.59. The molecule has 6 rings (SSSR count). The van der Waals surface area contributed by atoms with Gasteiger partial charge in [0.05, 0.1) is 22.5 Å². The van der Waals surface area contributed by atoms with Gasteiger partial charge in [-0.05, 0) is 61.8 Å². The average molecular weight is 457 g/mol. The van der Waals surface area contributed by atoms with E-state index >= 15 is 0 Å². The van der Waals surface area contributed by atoms with Crippen LogP contribution in [0.25, 0.3) is 11.0 Å². The number of nitrogen functional groups attached to an aromatic ring is 1. The summed E-state index contributed by atoms with van der Waals surface area (Å²) in [5.41, 5.74) is 10.5. The van der Waals surface area contributed by atoms with E-state index in [-0.39, 0.29) is 17.3 Å². The first kappa shape index (κ1) is 21.4. The van der Waals surface area contributed by atoms with Crippen molar-refractivity contribution in [3.05, 3.63) is 65.0 Å². The molecule has 2 fully saturated rings. The Morgan fingerprint density at radius 2 is 1.85 bits per heavy atom. The van der Waals surface area contributed by atoms with Crippen molar-refractivity contribution in [3.8, 4) is 0 Å². The number of likely N-dealkylation sites (tertiary alicyclic amines) is 1. The molecule has 1 unspecified atom stereocenters. The molecule has 2 aliphatic heterocycles. The van der Waals surface area contributed by atoms with E-state index in [4.69, 9.17) is 16.1 Å². The molecule has 1 aliphatic carbocycles. The fourth-order valence-electron chi connectivity index (χ4n) is 5.76. The van der Waals surface area contributed by atoms with E-state index in [1.165, 1.54) is 12.0 Å². The molecule has 1 saturated carbocycles. The van der Waals surface area contributed by atoms with Gasteiger partial charge in [-0.3, -0.25) is 10.2 Å². The lowest BCUT2D eigenvalue weighted by atomic mass is 9.93. The zero-order valence-electron chi connectivity index (χ0n) is 19.5. The van der Waals surface area contributed by atoms with Gasteiger partial charge in [-0.15, -0.1) is 0 Å². The Bertz CT molecular complexity index is 1250. The highest BCUT2D eigenvalue weighted by Crippen LogP contribution is 2.50. The molecule has 7 nitrogen and oxygen atoms in total. The van der Waals surface area contributed by atoms with Gasteiger partial charge in [0.15, 0.2) is 0 Å². The molecule has 1 saturated heterocycles. The normalized spacial score (nSPS) is 21.3. The lowest BCUT2D eigenvalue weighted by molar-refractivity contribution is -0.134. The Hall–Kier alpha value is -3.19. The summed E-state index contributed by atoms with van der Waals surface area (Å²) in [6, 6.07) is 14.5. The summed E-state index contributed by atoms with van der Waals surface area (Å²) >= 11 is 0. The van der Waals surface area contributed by atoms with E-state index in [1.54, 1.807) is 0 Å². The number of benzene rings is 2. The molecular formula is C27H32N6O. The minimum atomic E-state index is -0.328. The Balaban J connectivity index is 1.28. The zero-order chi connectivity index (χ0) is 23.3. The van der Waals surface area contributed by atoms with Crippen molar-refractivity contribution in [2.75, 3.05) is 19.6 Å². The third kappa shape index (κ3) is 3.59. The number of amidine groups is 1. The topological polar surface area (TPSA) is 100 Å². The number of hydrogen-bond acceptors (Lipinski definition) is 4.